The summed E-state index contributed by atoms with van der Waals surface area (Å²) in [6.45, 7) is 6.11. The van der Waals surface area contributed by atoms with Crippen molar-refractivity contribution in [3.05, 3.63) is 54.7 Å². The predicted octanol–water partition coefficient (Wildman–Crippen LogP) is 4.01. The normalized spacial score (nSPS) is 29.4. The highest BCUT2D eigenvalue weighted by atomic mass is 35.5. The van der Waals surface area contributed by atoms with Gasteiger partial charge in [-0.25, -0.2) is 0 Å². The van der Waals surface area contributed by atoms with Crippen LogP contribution < -0.4 is 0 Å². The van der Waals surface area contributed by atoms with Gasteiger partial charge in [0, 0.05) is 24.2 Å². The highest BCUT2D eigenvalue weighted by molar-refractivity contribution is 5.85. The van der Waals surface area contributed by atoms with Crippen molar-refractivity contribution >= 4 is 35.7 Å². The number of hydrogen-bond donors (Lipinski definition) is 1. The fraction of sp³-hybridized carbons (Fsp3) is 0.421. The molecule has 1 aromatic heterocycles. The highest BCUT2D eigenvalue weighted by Crippen LogP contribution is 2.41. The molecule has 24 heavy (non-hydrogen) atoms. The molecule has 1 N–H and O–H groups in total. The number of hydrogen-bond acceptors (Lipinski definition) is 3. The number of piperidine rings is 3. The Hall–Kier alpha value is -1.13. The molecule has 0 spiro atoms. The van der Waals surface area contributed by atoms with E-state index in [1.165, 1.54) is 6.42 Å². The van der Waals surface area contributed by atoms with Gasteiger partial charge in [0.1, 0.15) is 0 Å². The van der Waals surface area contributed by atoms with Gasteiger partial charge >= 0.3 is 0 Å². The standard InChI is InChI=1S/C19H22N2O.2ClH/c1-2-13-12-21-10-8-14(13)11-18(21)19(22)16-7-9-20-17-6-4-3-5-15(16)17;;/h2-7,9,13-14,18-19,22H,1,8,10-12H2;2*1H/t13-,14-,18-,19+;;/m0../s1. The van der Waals surface area contributed by atoms with Crippen LogP contribution in [0.4, 0.5) is 0 Å². The molecule has 5 heteroatoms. The zero-order valence-corrected chi connectivity index (χ0v) is 15.2. The smallest absolute Gasteiger partial charge is 0.0952 e. The van der Waals surface area contributed by atoms with Gasteiger partial charge in [-0.05, 0) is 48.9 Å². The van der Waals surface area contributed by atoms with Crippen molar-refractivity contribution in [1.29, 1.82) is 0 Å². The summed E-state index contributed by atoms with van der Waals surface area (Å²) >= 11 is 0. The van der Waals surface area contributed by atoms with Gasteiger partial charge < -0.3 is 5.11 Å². The molecular formula is C19H24Cl2N2O. The monoisotopic (exact) mass is 366 g/mol. The van der Waals surface area contributed by atoms with E-state index in [9.17, 15) is 5.11 Å². The predicted molar refractivity (Wildman–Crippen MR) is 103 cm³/mol. The quantitative estimate of drug-likeness (QED) is 0.833. The lowest BCUT2D eigenvalue weighted by Gasteiger charge is -2.50. The molecule has 4 heterocycles. The molecule has 5 atom stereocenters. The van der Waals surface area contributed by atoms with Gasteiger partial charge in [0.2, 0.25) is 0 Å². The maximum atomic E-state index is 11.0. The van der Waals surface area contributed by atoms with Crippen molar-refractivity contribution in [3.8, 4) is 0 Å². The zero-order chi connectivity index (χ0) is 15.1. The third-order valence-electron chi connectivity index (χ3n) is 5.52. The number of aromatic nitrogens is 1. The largest absolute Gasteiger partial charge is 0.387 e. The Morgan fingerprint density at radius 3 is 2.75 bits per heavy atom. The van der Waals surface area contributed by atoms with Gasteiger partial charge in [-0.3, -0.25) is 9.88 Å². The molecule has 2 bridgehead atoms. The van der Waals surface area contributed by atoms with Crippen LogP contribution in [-0.2, 0) is 0 Å². The first kappa shape index (κ1) is 19.2. The Kier molecular flexibility index (Phi) is 6.27. The van der Waals surface area contributed by atoms with E-state index >= 15 is 0 Å². The topological polar surface area (TPSA) is 36.4 Å². The molecule has 3 saturated heterocycles. The molecule has 130 valence electrons. The summed E-state index contributed by atoms with van der Waals surface area (Å²) in [6.07, 6.45) is 5.76. The van der Waals surface area contributed by atoms with Crippen LogP contribution in [0.15, 0.2) is 49.2 Å². The van der Waals surface area contributed by atoms with E-state index < -0.39 is 6.10 Å². The van der Waals surface area contributed by atoms with E-state index in [-0.39, 0.29) is 30.9 Å². The molecule has 5 rings (SSSR count). The second-order valence-corrected chi connectivity index (χ2v) is 6.61. The van der Waals surface area contributed by atoms with Crippen molar-refractivity contribution in [2.75, 3.05) is 13.1 Å². The van der Waals surface area contributed by atoms with Crippen LogP contribution in [0.5, 0.6) is 0 Å². The van der Waals surface area contributed by atoms with Crippen LogP contribution in [0.3, 0.4) is 0 Å². The van der Waals surface area contributed by atoms with E-state index in [1.807, 2.05) is 30.5 Å². The molecule has 0 amide bonds. The number of para-hydroxylation sites is 1. The molecule has 3 aliphatic heterocycles. The number of pyridine rings is 1. The van der Waals surface area contributed by atoms with Gasteiger partial charge in [-0.15, -0.1) is 31.4 Å². The Morgan fingerprint density at radius 2 is 2.04 bits per heavy atom. The zero-order valence-electron chi connectivity index (χ0n) is 13.5. The van der Waals surface area contributed by atoms with Gasteiger partial charge in [0.05, 0.1) is 11.6 Å². The number of fused-ring (bicyclic) bond motifs is 4. The van der Waals surface area contributed by atoms with Gasteiger partial charge in [-0.2, -0.15) is 0 Å². The number of halogens is 2. The van der Waals surface area contributed by atoms with Crippen LogP contribution in [0.1, 0.15) is 24.5 Å². The van der Waals surface area contributed by atoms with E-state index in [4.69, 9.17) is 0 Å². The van der Waals surface area contributed by atoms with Crippen LogP contribution in [0, 0.1) is 11.8 Å². The number of aliphatic hydroxyl groups excluding tert-OH is 1. The number of rotatable bonds is 3. The van der Waals surface area contributed by atoms with Crippen LogP contribution in [0.25, 0.3) is 10.9 Å². The number of benzene rings is 1. The van der Waals surface area contributed by atoms with Gasteiger partial charge in [0.15, 0.2) is 0 Å². The van der Waals surface area contributed by atoms with E-state index in [0.717, 1.165) is 36.0 Å². The summed E-state index contributed by atoms with van der Waals surface area (Å²) in [7, 11) is 0. The molecule has 1 aromatic carbocycles. The summed E-state index contributed by atoms with van der Waals surface area (Å²) in [5.41, 5.74) is 1.97. The molecule has 2 aromatic rings. The first-order valence-electron chi connectivity index (χ1n) is 8.16. The van der Waals surface area contributed by atoms with E-state index in [2.05, 4.69) is 28.6 Å². The maximum absolute atomic E-state index is 11.0. The summed E-state index contributed by atoms with van der Waals surface area (Å²) in [5, 5.41) is 12.1. The average Bonchev–Trinajstić information content (AvgIpc) is 2.60. The molecule has 0 radical (unpaired) electrons. The van der Waals surface area contributed by atoms with Crippen molar-refractivity contribution < 1.29 is 5.11 Å². The molecule has 3 aliphatic rings. The molecule has 0 saturated carbocycles. The lowest BCUT2D eigenvalue weighted by molar-refractivity contribution is -0.0444. The first-order valence-corrected chi connectivity index (χ1v) is 8.16. The average molecular weight is 367 g/mol. The lowest BCUT2D eigenvalue weighted by atomic mass is 9.73. The Balaban J connectivity index is 0.00000104. The molecule has 0 unspecified atom stereocenters. The highest BCUT2D eigenvalue weighted by Gasteiger charge is 2.42. The summed E-state index contributed by atoms with van der Waals surface area (Å²) in [5.74, 6) is 1.27. The van der Waals surface area contributed by atoms with E-state index in [1.54, 1.807) is 0 Å². The minimum Gasteiger partial charge on any atom is -0.387 e. The Morgan fingerprint density at radius 1 is 1.25 bits per heavy atom. The first-order chi connectivity index (χ1) is 10.8. The molecule has 3 nitrogen and oxygen atoms in total. The molecular weight excluding hydrogens is 343 g/mol. The van der Waals surface area contributed by atoms with Gasteiger partial charge in [-0.1, -0.05) is 24.3 Å². The van der Waals surface area contributed by atoms with Crippen molar-refractivity contribution in [3.63, 3.8) is 0 Å². The third kappa shape index (κ3) is 3.18. The second-order valence-electron chi connectivity index (χ2n) is 6.61. The fourth-order valence-corrected chi connectivity index (χ4v) is 4.29. The Bertz CT molecular complexity index is 703. The number of aliphatic hydroxyl groups is 1. The Labute approximate surface area is 155 Å². The van der Waals surface area contributed by atoms with Crippen LogP contribution in [0.2, 0.25) is 0 Å². The molecule has 0 aliphatic carbocycles. The molecule has 3 fully saturated rings. The summed E-state index contributed by atoms with van der Waals surface area (Å²) in [6, 6.07) is 10.3. The SMILES string of the molecule is C=C[C@H]1C[N@]2CC[C@H]1C[C@H]2[C@H](O)c1ccnc2ccccc12.Cl.Cl. The van der Waals surface area contributed by atoms with E-state index in [0.29, 0.717) is 11.8 Å². The minimum atomic E-state index is -0.443. The van der Waals surface area contributed by atoms with Crippen LogP contribution >= 0.6 is 24.8 Å². The number of nitrogens with zero attached hydrogens (tertiary/aromatic N) is 2. The van der Waals surface area contributed by atoms with Crippen molar-refractivity contribution in [2.24, 2.45) is 11.8 Å². The maximum Gasteiger partial charge on any atom is 0.0952 e. The van der Waals surface area contributed by atoms with Crippen molar-refractivity contribution in [1.82, 2.24) is 9.88 Å². The third-order valence-corrected chi connectivity index (χ3v) is 5.52. The fourth-order valence-electron chi connectivity index (χ4n) is 4.29. The van der Waals surface area contributed by atoms with Crippen LogP contribution in [-0.4, -0.2) is 34.1 Å². The second kappa shape index (κ2) is 7.83. The van der Waals surface area contributed by atoms with Gasteiger partial charge in [0.25, 0.3) is 0 Å². The lowest BCUT2D eigenvalue weighted by Crippen LogP contribution is -2.54. The van der Waals surface area contributed by atoms with Crippen molar-refractivity contribution in [2.45, 2.75) is 25.0 Å². The summed E-state index contributed by atoms with van der Waals surface area (Å²) < 4.78 is 0. The minimum absolute atomic E-state index is 0. The summed E-state index contributed by atoms with van der Waals surface area (Å²) in [4.78, 5) is 6.86.